The van der Waals surface area contributed by atoms with Gasteiger partial charge in [-0.1, -0.05) is 12.1 Å². The summed E-state index contributed by atoms with van der Waals surface area (Å²) in [5.41, 5.74) is 0.988. The molecule has 1 aliphatic carbocycles. The molecule has 0 unspecified atom stereocenters. The highest BCUT2D eigenvalue weighted by Gasteiger charge is 2.60. The molecule has 0 spiro atoms. The Bertz CT molecular complexity index is 1160. The number of carbonyl (C=O) groups is 1. The van der Waals surface area contributed by atoms with E-state index in [9.17, 15) is 9.59 Å². The van der Waals surface area contributed by atoms with E-state index in [4.69, 9.17) is 14.5 Å². The zero-order valence-electron chi connectivity index (χ0n) is 20.8. The van der Waals surface area contributed by atoms with Crippen LogP contribution in [-0.2, 0) is 23.1 Å². The molecule has 6 rings (SSSR count). The maximum absolute atomic E-state index is 13.8. The normalized spacial score (nSPS) is 23.4. The summed E-state index contributed by atoms with van der Waals surface area (Å²) in [6.45, 7) is 7.52. The second-order valence-electron chi connectivity index (χ2n) is 11.0. The van der Waals surface area contributed by atoms with Crippen molar-refractivity contribution in [3.63, 3.8) is 0 Å². The molecule has 2 aromatic rings. The van der Waals surface area contributed by atoms with E-state index < -0.39 is 5.60 Å². The number of fused-ring (bicyclic) bond motifs is 2. The predicted octanol–water partition coefficient (Wildman–Crippen LogP) is 3.33. The standard InChI is InChI=1S/C26H34N4O4/c1-25(2,3)34-24(32)30-16-26(13-18(30)14-26)23-27-21-20(7-6-12-28(21)4)22(31)29(23)15-17-8-10-19(33-5)11-9-17/h8-11,18H,6-7,12-16H2,1-5H3. The van der Waals surface area contributed by atoms with E-state index in [1.54, 1.807) is 7.11 Å². The van der Waals surface area contributed by atoms with Gasteiger partial charge >= 0.3 is 6.09 Å². The van der Waals surface area contributed by atoms with Gasteiger partial charge < -0.3 is 19.3 Å². The molecule has 2 bridgehead atoms. The SMILES string of the molecule is COc1ccc(Cn2c(C34CC(C3)N(C(=O)OC(C)(C)C)C4)nc3c(c2=O)CCCN3C)cc1. The number of rotatable bonds is 4. The molecular formula is C26H34N4O4. The summed E-state index contributed by atoms with van der Waals surface area (Å²) in [5.74, 6) is 2.37. The third-order valence-corrected chi connectivity index (χ3v) is 7.29. The topological polar surface area (TPSA) is 76.9 Å². The molecule has 1 aromatic carbocycles. The van der Waals surface area contributed by atoms with Crippen LogP contribution in [0.5, 0.6) is 5.75 Å². The monoisotopic (exact) mass is 466 g/mol. The van der Waals surface area contributed by atoms with Gasteiger partial charge in [-0.2, -0.15) is 0 Å². The van der Waals surface area contributed by atoms with Crippen LogP contribution in [0.2, 0.25) is 0 Å². The highest BCUT2D eigenvalue weighted by molar-refractivity contribution is 5.70. The zero-order valence-corrected chi connectivity index (χ0v) is 20.8. The van der Waals surface area contributed by atoms with E-state index in [1.165, 1.54) is 0 Å². The molecule has 0 N–H and O–H groups in total. The van der Waals surface area contributed by atoms with Gasteiger partial charge in [-0.15, -0.1) is 0 Å². The summed E-state index contributed by atoms with van der Waals surface area (Å²) in [6.07, 6.45) is 3.03. The van der Waals surface area contributed by atoms with Gasteiger partial charge in [0.2, 0.25) is 0 Å². The van der Waals surface area contributed by atoms with E-state index in [1.807, 2.05) is 61.6 Å². The minimum Gasteiger partial charge on any atom is -0.497 e. The van der Waals surface area contributed by atoms with Crippen molar-refractivity contribution >= 4 is 11.9 Å². The van der Waals surface area contributed by atoms with Crippen LogP contribution in [0, 0.1) is 0 Å². The molecule has 2 saturated heterocycles. The summed E-state index contributed by atoms with van der Waals surface area (Å²) in [6, 6.07) is 7.94. The molecule has 4 aliphatic rings. The number of benzene rings is 1. The minimum absolute atomic E-state index is 0.0379. The molecule has 4 heterocycles. The van der Waals surface area contributed by atoms with Crippen molar-refractivity contribution in [2.75, 3.05) is 32.1 Å². The number of anilines is 1. The van der Waals surface area contributed by atoms with Crippen LogP contribution >= 0.6 is 0 Å². The van der Waals surface area contributed by atoms with Crippen LogP contribution in [-0.4, -0.2) is 59.4 Å². The Morgan fingerprint density at radius 2 is 1.91 bits per heavy atom. The molecule has 1 saturated carbocycles. The number of amides is 1. The Morgan fingerprint density at radius 1 is 1.21 bits per heavy atom. The number of nitrogens with zero attached hydrogens (tertiary/aromatic N) is 4. The number of carbonyl (C=O) groups excluding carboxylic acids is 1. The first kappa shape index (κ1) is 22.7. The average Bonchev–Trinajstić information content (AvgIpc) is 3.33. The molecule has 1 amide bonds. The number of hydrogen-bond donors (Lipinski definition) is 0. The third kappa shape index (κ3) is 3.83. The summed E-state index contributed by atoms with van der Waals surface area (Å²) in [4.78, 5) is 35.7. The van der Waals surface area contributed by atoms with Crippen molar-refractivity contribution in [2.45, 2.75) is 70.1 Å². The number of aromatic nitrogens is 2. The van der Waals surface area contributed by atoms with Gasteiger partial charge in [0, 0.05) is 26.2 Å². The highest BCUT2D eigenvalue weighted by Crippen LogP contribution is 2.53. The van der Waals surface area contributed by atoms with Gasteiger partial charge in [0.15, 0.2) is 0 Å². The molecule has 3 aliphatic heterocycles. The predicted molar refractivity (Wildman–Crippen MR) is 130 cm³/mol. The zero-order chi connectivity index (χ0) is 24.3. The van der Waals surface area contributed by atoms with Gasteiger partial charge in [-0.25, -0.2) is 9.78 Å². The van der Waals surface area contributed by atoms with Crippen molar-refractivity contribution in [1.29, 1.82) is 0 Å². The lowest BCUT2D eigenvalue weighted by Gasteiger charge is -2.39. The first-order valence-electron chi connectivity index (χ1n) is 12.1. The van der Waals surface area contributed by atoms with Gasteiger partial charge in [-0.3, -0.25) is 9.36 Å². The molecule has 182 valence electrons. The molecular weight excluding hydrogens is 432 g/mol. The molecule has 1 aromatic heterocycles. The second-order valence-corrected chi connectivity index (χ2v) is 11.0. The average molecular weight is 467 g/mol. The Hall–Kier alpha value is -3.03. The number of ether oxygens (including phenoxy) is 2. The van der Waals surface area contributed by atoms with Gasteiger partial charge in [-0.05, 0) is 64.2 Å². The number of methoxy groups -OCH3 is 1. The lowest BCUT2D eigenvalue weighted by atomic mass is 9.69. The molecule has 8 nitrogen and oxygen atoms in total. The largest absolute Gasteiger partial charge is 0.497 e. The van der Waals surface area contributed by atoms with E-state index in [0.717, 1.165) is 60.7 Å². The van der Waals surface area contributed by atoms with Crippen molar-refractivity contribution in [2.24, 2.45) is 0 Å². The maximum atomic E-state index is 13.8. The van der Waals surface area contributed by atoms with Crippen LogP contribution in [0.1, 0.15) is 57.0 Å². The van der Waals surface area contributed by atoms with Crippen molar-refractivity contribution in [1.82, 2.24) is 14.5 Å². The molecule has 0 radical (unpaired) electrons. The van der Waals surface area contributed by atoms with Crippen LogP contribution in [0.25, 0.3) is 0 Å². The van der Waals surface area contributed by atoms with E-state index >= 15 is 0 Å². The van der Waals surface area contributed by atoms with Crippen LogP contribution in [0.4, 0.5) is 10.6 Å². The van der Waals surface area contributed by atoms with Gasteiger partial charge in [0.1, 0.15) is 23.0 Å². The first-order chi connectivity index (χ1) is 16.1. The molecule has 3 fully saturated rings. The lowest BCUT2D eigenvalue weighted by Crippen LogP contribution is -2.46. The summed E-state index contributed by atoms with van der Waals surface area (Å²) in [7, 11) is 3.65. The lowest BCUT2D eigenvalue weighted by molar-refractivity contribution is 0.0246. The van der Waals surface area contributed by atoms with Crippen molar-refractivity contribution < 1.29 is 14.3 Å². The maximum Gasteiger partial charge on any atom is 0.410 e. The second kappa shape index (κ2) is 8.03. The van der Waals surface area contributed by atoms with E-state index in [-0.39, 0.29) is 23.1 Å². The van der Waals surface area contributed by atoms with Gasteiger partial charge in [0.05, 0.1) is 24.6 Å². The van der Waals surface area contributed by atoms with E-state index in [2.05, 4.69) is 4.90 Å². The summed E-state index contributed by atoms with van der Waals surface area (Å²) in [5, 5.41) is 0. The Balaban J connectivity index is 1.54. The molecule has 0 atom stereocenters. The number of hydrogen-bond acceptors (Lipinski definition) is 6. The molecule has 34 heavy (non-hydrogen) atoms. The fourth-order valence-corrected chi connectivity index (χ4v) is 5.62. The summed E-state index contributed by atoms with van der Waals surface area (Å²) >= 11 is 0. The third-order valence-electron chi connectivity index (χ3n) is 7.29. The fraction of sp³-hybridized carbons (Fsp3) is 0.577. The minimum atomic E-state index is -0.541. The Kier molecular flexibility index (Phi) is 5.37. The smallest absolute Gasteiger partial charge is 0.410 e. The summed E-state index contributed by atoms with van der Waals surface area (Å²) < 4.78 is 12.8. The Morgan fingerprint density at radius 3 is 2.56 bits per heavy atom. The van der Waals surface area contributed by atoms with Crippen LogP contribution in [0.15, 0.2) is 29.1 Å². The van der Waals surface area contributed by atoms with Crippen molar-refractivity contribution in [3.05, 3.63) is 51.6 Å². The van der Waals surface area contributed by atoms with Gasteiger partial charge in [0.25, 0.3) is 5.56 Å². The Labute approximate surface area is 200 Å². The quantitative estimate of drug-likeness (QED) is 0.688. The first-order valence-corrected chi connectivity index (χ1v) is 12.1. The van der Waals surface area contributed by atoms with Crippen LogP contribution in [0.3, 0.4) is 0 Å². The van der Waals surface area contributed by atoms with E-state index in [0.29, 0.717) is 13.1 Å². The van der Waals surface area contributed by atoms with Crippen molar-refractivity contribution in [3.8, 4) is 5.75 Å². The fourth-order valence-electron chi connectivity index (χ4n) is 5.62. The van der Waals surface area contributed by atoms with Crippen LogP contribution < -0.4 is 15.2 Å². The molecule has 8 heteroatoms. The highest BCUT2D eigenvalue weighted by atomic mass is 16.6.